The lowest BCUT2D eigenvalue weighted by Crippen LogP contribution is -2.61. The normalized spacial score (nSPS) is 18.4. The Balaban J connectivity index is 2.31. The highest BCUT2D eigenvalue weighted by Crippen LogP contribution is 2.25. The van der Waals surface area contributed by atoms with Crippen LogP contribution in [-0.2, 0) is 25.5 Å². The summed E-state index contributed by atoms with van der Waals surface area (Å²) >= 11 is 1.42. The molecule has 1 aromatic rings. The van der Waals surface area contributed by atoms with Crippen LogP contribution in [-0.4, -0.2) is 80.8 Å². The number of carbonyl (C=O) groups is 4. The van der Waals surface area contributed by atoms with Crippen LogP contribution in [0, 0.1) is 5.41 Å². The lowest BCUT2D eigenvalue weighted by Gasteiger charge is -2.34. The van der Waals surface area contributed by atoms with Gasteiger partial charge in [-0.15, -0.1) is 11.8 Å². The van der Waals surface area contributed by atoms with Crippen molar-refractivity contribution in [2.75, 3.05) is 11.6 Å². The molecule has 1 aliphatic heterocycles. The van der Waals surface area contributed by atoms with Crippen LogP contribution in [0.15, 0.2) is 30.3 Å². The van der Waals surface area contributed by atoms with Crippen LogP contribution in [0.2, 0.25) is 0 Å². The molecule has 11 heteroatoms. The maximum atomic E-state index is 13.6. The minimum Gasteiger partial charge on any atom is -0.444 e. The number of alkyl carbamates (subject to hydrolysis) is 1. The molecule has 1 aliphatic rings. The van der Waals surface area contributed by atoms with E-state index in [1.807, 2.05) is 51.1 Å². The van der Waals surface area contributed by atoms with Crippen LogP contribution in [0.1, 0.15) is 67.9 Å². The van der Waals surface area contributed by atoms with E-state index in [1.165, 1.54) is 16.7 Å². The van der Waals surface area contributed by atoms with Crippen LogP contribution in [0.5, 0.6) is 0 Å². The maximum absolute atomic E-state index is 13.6. The molecule has 224 valence electrons. The molecule has 4 N–H and O–H groups in total. The number of rotatable bonds is 8. The van der Waals surface area contributed by atoms with Gasteiger partial charge >= 0.3 is 6.09 Å². The molecule has 0 bridgehead atoms. The van der Waals surface area contributed by atoms with Crippen LogP contribution in [0.4, 0.5) is 4.79 Å². The number of benzene rings is 1. The summed E-state index contributed by atoms with van der Waals surface area (Å²) in [4.78, 5) is 54.0. The van der Waals surface area contributed by atoms with Crippen molar-refractivity contribution in [1.82, 2.24) is 20.9 Å². The van der Waals surface area contributed by atoms with Gasteiger partial charge in [-0.05, 0) is 58.9 Å². The highest BCUT2D eigenvalue weighted by molar-refractivity contribution is 7.99. The molecule has 0 aromatic heterocycles. The summed E-state index contributed by atoms with van der Waals surface area (Å²) in [5.74, 6) is -0.857. The molecule has 2 rings (SSSR count). The van der Waals surface area contributed by atoms with Gasteiger partial charge in [0.25, 0.3) is 5.91 Å². The van der Waals surface area contributed by atoms with Crippen molar-refractivity contribution < 1.29 is 29.0 Å². The molecular weight excluding hydrogens is 532 g/mol. The second kappa shape index (κ2) is 13.2. The molecule has 4 amide bonds. The fraction of sp³-hybridized carbons (Fsp3) is 0.655. The molecule has 1 aromatic carbocycles. The average molecular weight is 579 g/mol. The number of aliphatic hydroxyl groups excluding tert-OH is 1. The molecule has 0 spiro atoms. The van der Waals surface area contributed by atoms with Gasteiger partial charge in [-0.3, -0.25) is 14.4 Å². The van der Waals surface area contributed by atoms with Gasteiger partial charge in [0, 0.05) is 11.3 Å². The zero-order valence-corrected chi connectivity index (χ0v) is 26.0. The summed E-state index contributed by atoms with van der Waals surface area (Å²) in [5.41, 5.74) is -1.16. The Morgan fingerprint density at radius 3 is 2.12 bits per heavy atom. The molecule has 4 atom stereocenters. The van der Waals surface area contributed by atoms with E-state index in [-0.39, 0.29) is 18.2 Å². The number of aliphatic hydroxyl groups is 1. The zero-order valence-electron chi connectivity index (χ0n) is 25.2. The van der Waals surface area contributed by atoms with Gasteiger partial charge in [0.1, 0.15) is 17.7 Å². The number of nitrogens with zero attached hydrogens (tertiary/aromatic N) is 1. The van der Waals surface area contributed by atoms with Crippen molar-refractivity contribution in [1.29, 1.82) is 0 Å². The molecule has 10 nitrogen and oxygen atoms in total. The number of thioether (sulfide) groups is 1. The molecule has 1 saturated heterocycles. The van der Waals surface area contributed by atoms with E-state index in [0.29, 0.717) is 5.75 Å². The number of hydrogen-bond acceptors (Lipinski definition) is 7. The number of amides is 4. The molecule has 0 unspecified atom stereocenters. The monoisotopic (exact) mass is 578 g/mol. The van der Waals surface area contributed by atoms with Crippen LogP contribution in [0.3, 0.4) is 0 Å². The second-order valence-corrected chi connectivity index (χ2v) is 14.3. The second-order valence-electron chi connectivity index (χ2n) is 13.3. The Labute approximate surface area is 242 Å². The molecule has 1 fully saturated rings. The molecule has 0 saturated carbocycles. The van der Waals surface area contributed by atoms with Crippen LogP contribution < -0.4 is 16.0 Å². The van der Waals surface area contributed by atoms with Crippen molar-refractivity contribution in [3.63, 3.8) is 0 Å². The third-order valence-corrected chi connectivity index (χ3v) is 7.03. The van der Waals surface area contributed by atoms with E-state index in [4.69, 9.17) is 4.74 Å². The van der Waals surface area contributed by atoms with E-state index in [9.17, 15) is 24.3 Å². The van der Waals surface area contributed by atoms with E-state index in [2.05, 4.69) is 16.0 Å². The predicted molar refractivity (Wildman–Crippen MR) is 157 cm³/mol. The van der Waals surface area contributed by atoms with Gasteiger partial charge in [0.15, 0.2) is 6.10 Å². The summed E-state index contributed by atoms with van der Waals surface area (Å²) in [6.07, 6.45) is -2.22. The van der Waals surface area contributed by atoms with Crippen molar-refractivity contribution in [2.45, 2.75) is 104 Å². The zero-order chi connectivity index (χ0) is 30.5. The first kappa shape index (κ1) is 33.4. The van der Waals surface area contributed by atoms with Crippen molar-refractivity contribution in [3.05, 3.63) is 35.9 Å². The Kier molecular flexibility index (Phi) is 11.1. The Morgan fingerprint density at radius 1 is 1.00 bits per heavy atom. The predicted octanol–water partition coefficient (Wildman–Crippen LogP) is 2.83. The lowest BCUT2D eigenvalue weighted by atomic mass is 9.85. The molecule has 0 aliphatic carbocycles. The van der Waals surface area contributed by atoms with Gasteiger partial charge in [-0.25, -0.2) is 4.79 Å². The van der Waals surface area contributed by atoms with Gasteiger partial charge in [0.05, 0.1) is 11.9 Å². The van der Waals surface area contributed by atoms with Gasteiger partial charge in [-0.1, -0.05) is 51.1 Å². The number of carbonyl (C=O) groups excluding carboxylic acids is 4. The number of nitrogens with one attached hydrogen (secondary N) is 3. The third-order valence-electron chi connectivity index (χ3n) is 6.02. The summed E-state index contributed by atoms with van der Waals surface area (Å²) in [6, 6.07) is 6.39. The average Bonchev–Trinajstić information content (AvgIpc) is 3.29. The first-order valence-electron chi connectivity index (χ1n) is 13.5. The minimum atomic E-state index is -1.63. The highest BCUT2D eigenvalue weighted by atomic mass is 32.2. The summed E-state index contributed by atoms with van der Waals surface area (Å²) in [7, 11) is 0. The fourth-order valence-electron chi connectivity index (χ4n) is 4.15. The van der Waals surface area contributed by atoms with Crippen LogP contribution >= 0.6 is 11.8 Å². The smallest absolute Gasteiger partial charge is 0.408 e. The van der Waals surface area contributed by atoms with E-state index >= 15 is 0 Å². The SMILES string of the molecule is CC(C)(C)NC(=O)[C@H]1CSCN1C(=O)[C@@H](O)[C@H](Cc1ccccc1)NC(=O)[C@@H](NC(=O)OC(C)(C)C)C(C)(C)C. The summed E-state index contributed by atoms with van der Waals surface area (Å²) in [6.45, 7) is 16.1. The van der Waals surface area contributed by atoms with Crippen LogP contribution in [0.25, 0.3) is 0 Å². The topological polar surface area (TPSA) is 137 Å². The summed E-state index contributed by atoms with van der Waals surface area (Å²) in [5, 5.41) is 19.7. The highest BCUT2D eigenvalue weighted by Gasteiger charge is 2.42. The van der Waals surface area contributed by atoms with Gasteiger partial charge < -0.3 is 30.7 Å². The van der Waals surface area contributed by atoms with Crippen molar-refractivity contribution >= 4 is 35.6 Å². The van der Waals surface area contributed by atoms with Gasteiger partial charge in [0.2, 0.25) is 11.8 Å². The minimum absolute atomic E-state index is 0.155. The lowest BCUT2D eigenvalue weighted by molar-refractivity contribution is -0.147. The Hall–Kier alpha value is -2.79. The first-order chi connectivity index (χ1) is 18.3. The standard InChI is InChI=1S/C29H46N4O6S/c1-27(2,3)22(31-26(38)39-29(7,8)9)24(36)30-19(15-18-13-11-10-12-14-18)21(34)25(37)33-17-40-16-20(33)23(35)32-28(4,5)6/h10-14,19-22,34H,15-17H2,1-9H3,(H,30,36)(H,31,38)(H,32,35)/t19-,20+,21-,22+/m0/s1. The first-order valence-corrected chi connectivity index (χ1v) is 14.7. The molecule has 1 heterocycles. The van der Waals surface area contributed by atoms with E-state index < -0.39 is 58.7 Å². The van der Waals surface area contributed by atoms with Crippen molar-refractivity contribution in [2.24, 2.45) is 5.41 Å². The third kappa shape index (κ3) is 10.3. The number of hydrogen-bond donors (Lipinski definition) is 4. The van der Waals surface area contributed by atoms with E-state index in [0.717, 1.165) is 5.56 Å². The largest absolute Gasteiger partial charge is 0.444 e. The number of ether oxygens (including phenoxy) is 1. The maximum Gasteiger partial charge on any atom is 0.408 e. The molecular formula is C29H46N4O6S. The van der Waals surface area contributed by atoms with E-state index in [1.54, 1.807) is 41.5 Å². The van der Waals surface area contributed by atoms with Crippen molar-refractivity contribution in [3.8, 4) is 0 Å². The molecule has 40 heavy (non-hydrogen) atoms. The quantitative estimate of drug-likeness (QED) is 0.372. The van der Waals surface area contributed by atoms with Gasteiger partial charge in [-0.2, -0.15) is 0 Å². The Bertz CT molecular complexity index is 1050. The Morgan fingerprint density at radius 2 is 1.60 bits per heavy atom. The fourth-order valence-corrected chi connectivity index (χ4v) is 5.31. The summed E-state index contributed by atoms with van der Waals surface area (Å²) < 4.78 is 5.36. The molecule has 0 radical (unpaired) electrons.